The summed E-state index contributed by atoms with van der Waals surface area (Å²) in [5.41, 5.74) is 5.54. The SMILES string of the molecule is NC(=NO)c1nc(C#CCCN2CCOCC2)ccc1F. The molecule has 0 radical (unpaired) electrons. The Morgan fingerprint density at radius 2 is 2.24 bits per heavy atom. The lowest BCUT2D eigenvalue weighted by atomic mass is 10.2. The summed E-state index contributed by atoms with van der Waals surface area (Å²) in [6, 6.07) is 2.66. The second kappa shape index (κ2) is 7.57. The van der Waals surface area contributed by atoms with Gasteiger partial charge in [-0.25, -0.2) is 9.37 Å². The number of hydrogen-bond acceptors (Lipinski definition) is 5. The Labute approximate surface area is 122 Å². The summed E-state index contributed by atoms with van der Waals surface area (Å²) < 4.78 is 18.7. The van der Waals surface area contributed by atoms with Gasteiger partial charge in [0.15, 0.2) is 11.7 Å². The first-order chi connectivity index (χ1) is 10.2. The van der Waals surface area contributed by atoms with Gasteiger partial charge in [-0.15, -0.1) is 0 Å². The van der Waals surface area contributed by atoms with Gasteiger partial charge in [-0.1, -0.05) is 11.1 Å². The van der Waals surface area contributed by atoms with Crippen molar-refractivity contribution in [1.82, 2.24) is 9.88 Å². The van der Waals surface area contributed by atoms with Crippen molar-refractivity contribution in [2.24, 2.45) is 10.9 Å². The lowest BCUT2D eigenvalue weighted by Crippen LogP contribution is -2.36. The van der Waals surface area contributed by atoms with Crippen molar-refractivity contribution in [2.75, 3.05) is 32.8 Å². The van der Waals surface area contributed by atoms with Crippen molar-refractivity contribution in [3.8, 4) is 11.8 Å². The van der Waals surface area contributed by atoms with Crippen LogP contribution in [-0.2, 0) is 4.74 Å². The Morgan fingerprint density at radius 3 is 2.95 bits per heavy atom. The predicted octanol–water partition coefficient (Wildman–Crippen LogP) is 0.389. The van der Waals surface area contributed by atoms with E-state index in [0.717, 1.165) is 32.8 Å². The lowest BCUT2D eigenvalue weighted by molar-refractivity contribution is 0.0390. The van der Waals surface area contributed by atoms with Crippen LogP contribution in [0, 0.1) is 17.7 Å². The molecule has 0 bridgehead atoms. The van der Waals surface area contributed by atoms with Gasteiger partial charge in [0.2, 0.25) is 0 Å². The minimum absolute atomic E-state index is 0.197. The summed E-state index contributed by atoms with van der Waals surface area (Å²) >= 11 is 0. The molecule has 0 spiro atoms. The van der Waals surface area contributed by atoms with Crippen LogP contribution in [0.5, 0.6) is 0 Å². The zero-order valence-electron chi connectivity index (χ0n) is 11.5. The van der Waals surface area contributed by atoms with Crippen LogP contribution in [0.25, 0.3) is 0 Å². The van der Waals surface area contributed by atoms with Crippen LogP contribution in [0.4, 0.5) is 4.39 Å². The molecule has 1 aliphatic heterocycles. The molecule has 0 unspecified atom stereocenters. The number of pyridine rings is 1. The monoisotopic (exact) mass is 292 g/mol. The quantitative estimate of drug-likeness (QED) is 0.277. The Kier molecular flexibility index (Phi) is 5.49. The third-order valence-electron chi connectivity index (χ3n) is 3.07. The summed E-state index contributed by atoms with van der Waals surface area (Å²) in [5, 5.41) is 11.3. The van der Waals surface area contributed by atoms with E-state index in [0.29, 0.717) is 12.1 Å². The molecule has 1 aromatic heterocycles. The van der Waals surface area contributed by atoms with Crippen LogP contribution >= 0.6 is 0 Å². The number of nitrogens with zero attached hydrogens (tertiary/aromatic N) is 3. The van der Waals surface area contributed by atoms with Crippen LogP contribution < -0.4 is 5.73 Å². The zero-order valence-corrected chi connectivity index (χ0v) is 11.5. The summed E-state index contributed by atoms with van der Waals surface area (Å²) in [5.74, 6) is 4.83. The number of oxime groups is 1. The first-order valence-electron chi connectivity index (χ1n) is 6.64. The van der Waals surface area contributed by atoms with E-state index in [1.165, 1.54) is 12.1 Å². The normalized spacial score (nSPS) is 16.3. The van der Waals surface area contributed by atoms with Crippen LogP contribution in [0.1, 0.15) is 17.8 Å². The van der Waals surface area contributed by atoms with E-state index in [1.807, 2.05) is 0 Å². The van der Waals surface area contributed by atoms with Gasteiger partial charge in [-0.2, -0.15) is 0 Å². The standard InChI is InChI=1S/C14H17FN4O2/c15-12-5-4-11(17-13(12)14(16)18-20)3-1-2-6-19-7-9-21-10-8-19/h4-5,20H,2,6-10H2,(H2,16,18). The van der Waals surface area contributed by atoms with E-state index in [2.05, 4.69) is 26.9 Å². The second-order valence-corrected chi connectivity index (χ2v) is 4.52. The summed E-state index contributed by atoms with van der Waals surface area (Å²) in [6.07, 6.45) is 0.692. The number of rotatable bonds is 3. The van der Waals surface area contributed by atoms with E-state index in [9.17, 15) is 4.39 Å². The van der Waals surface area contributed by atoms with E-state index in [-0.39, 0.29) is 11.5 Å². The van der Waals surface area contributed by atoms with Crippen molar-refractivity contribution in [2.45, 2.75) is 6.42 Å². The minimum Gasteiger partial charge on any atom is -0.409 e. The smallest absolute Gasteiger partial charge is 0.191 e. The van der Waals surface area contributed by atoms with Crippen LogP contribution in [0.15, 0.2) is 17.3 Å². The molecular weight excluding hydrogens is 275 g/mol. The number of nitrogens with two attached hydrogens (primary N) is 1. The van der Waals surface area contributed by atoms with Crippen molar-refractivity contribution in [1.29, 1.82) is 0 Å². The first-order valence-corrected chi connectivity index (χ1v) is 6.64. The number of aromatic nitrogens is 1. The molecule has 2 heterocycles. The van der Waals surface area contributed by atoms with Crippen LogP contribution in [0.3, 0.4) is 0 Å². The third kappa shape index (κ3) is 4.41. The Bertz CT molecular complexity index is 574. The molecule has 2 rings (SSSR count). The molecule has 112 valence electrons. The number of halogens is 1. The molecule has 21 heavy (non-hydrogen) atoms. The molecule has 0 atom stereocenters. The van der Waals surface area contributed by atoms with E-state index >= 15 is 0 Å². The van der Waals surface area contributed by atoms with E-state index in [1.54, 1.807) is 0 Å². The highest BCUT2D eigenvalue weighted by molar-refractivity contribution is 5.95. The van der Waals surface area contributed by atoms with Crippen LogP contribution in [0.2, 0.25) is 0 Å². The molecule has 1 aliphatic rings. The molecular formula is C14H17FN4O2. The number of hydrogen-bond donors (Lipinski definition) is 2. The molecule has 0 aliphatic carbocycles. The third-order valence-corrected chi connectivity index (χ3v) is 3.07. The first kappa shape index (κ1) is 15.2. The zero-order chi connectivity index (χ0) is 15.1. The number of amidine groups is 1. The fourth-order valence-electron chi connectivity index (χ4n) is 1.93. The van der Waals surface area contributed by atoms with Gasteiger partial charge >= 0.3 is 0 Å². The number of morpholine rings is 1. The molecule has 0 amide bonds. The Morgan fingerprint density at radius 1 is 1.48 bits per heavy atom. The highest BCUT2D eigenvalue weighted by Crippen LogP contribution is 2.05. The Balaban J connectivity index is 1.95. The maximum Gasteiger partial charge on any atom is 0.191 e. The highest BCUT2D eigenvalue weighted by atomic mass is 19.1. The van der Waals surface area contributed by atoms with E-state index < -0.39 is 5.82 Å². The predicted molar refractivity (Wildman–Crippen MR) is 75.5 cm³/mol. The summed E-state index contributed by atoms with van der Waals surface area (Å²) in [6.45, 7) is 4.23. The van der Waals surface area contributed by atoms with Gasteiger partial charge in [-0.3, -0.25) is 4.90 Å². The van der Waals surface area contributed by atoms with Crippen molar-refractivity contribution < 1.29 is 14.3 Å². The van der Waals surface area contributed by atoms with Gasteiger partial charge in [0.25, 0.3) is 0 Å². The highest BCUT2D eigenvalue weighted by Gasteiger charge is 2.10. The van der Waals surface area contributed by atoms with Gasteiger partial charge in [0.05, 0.1) is 13.2 Å². The molecule has 7 heteroatoms. The average molecular weight is 292 g/mol. The topological polar surface area (TPSA) is 84.0 Å². The second-order valence-electron chi connectivity index (χ2n) is 4.52. The minimum atomic E-state index is -0.649. The van der Waals surface area contributed by atoms with Gasteiger partial charge < -0.3 is 15.7 Å². The summed E-state index contributed by atoms with van der Waals surface area (Å²) in [7, 11) is 0. The van der Waals surface area contributed by atoms with Gasteiger partial charge in [0, 0.05) is 26.1 Å². The van der Waals surface area contributed by atoms with Crippen LogP contribution in [-0.4, -0.2) is 53.8 Å². The molecule has 1 fully saturated rings. The molecule has 6 nitrogen and oxygen atoms in total. The molecule has 0 aromatic carbocycles. The Hall–Kier alpha value is -2.17. The lowest BCUT2D eigenvalue weighted by Gasteiger charge is -2.25. The number of ether oxygens (including phenoxy) is 1. The largest absolute Gasteiger partial charge is 0.409 e. The molecule has 3 N–H and O–H groups in total. The van der Waals surface area contributed by atoms with Crippen molar-refractivity contribution in [3.05, 3.63) is 29.3 Å². The molecule has 1 saturated heterocycles. The average Bonchev–Trinajstić information content (AvgIpc) is 2.53. The summed E-state index contributed by atoms with van der Waals surface area (Å²) in [4.78, 5) is 6.21. The maximum atomic E-state index is 13.4. The molecule has 0 saturated carbocycles. The van der Waals surface area contributed by atoms with Crippen molar-refractivity contribution in [3.63, 3.8) is 0 Å². The maximum absolute atomic E-state index is 13.4. The van der Waals surface area contributed by atoms with E-state index in [4.69, 9.17) is 15.7 Å². The van der Waals surface area contributed by atoms with Crippen molar-refractivity contribution >= 4 is 5.84 Å². The van der Waals surface area contributed by atoms with Gasteiger partial charge in [0.1, 0.15) is 11.4 Å². The molecule has 1 aromatic rings. The fourth-order valence-corrected chi connectivity index (χ4v) is 1.93. The van der Waals surface area contributed by atoms with Gasteiger partial charge in [-0.05, 0) is 18.1 Å². The fraction of sp³-hybridized carbons (Fsp3) is 0.429.